The van der Waals surface area contributed by atoms with Crippen molar-refractivity contribution >= 4 is 22.8 Å². The van der Waals surface area contributed by atoms with Gasteiger partial charge in [0.15, 0.2) is 5.82 Å². The maximum Gasteiger partial charge on any atom is 0.291 e. The van der Waals surface area contributed by atoms with E-state index in [9.17, 15) is 9.59 Å². The van der Waals surface area contributed by atoms with Crippen molar-refractivity contribution in [1.29, 1.82) is 0 Å². The molecule has 2 aromatic carbocycles. The summed E-state index contributed by atoms with van der Waals surface area (Å²) in [5, 5.41) is 3.31. The molecule has 178 valence electrons. The van der Waals surface area contributed by atoms with E-state index in [4.69, 9.17) is 4.74 Å². The van der Waals surface area contributed by atoms with Crippen LogP contribution in [0.5, 0.6) is 5.75 Å². The SMILES string of the molecule is COc1cccc(CN2C(=O)c3nc4ccccc4n3C[C@]2(C)C(=O)NC2CCCCCC2)c1. The van der Waals surface area contributed by atoms with Crippen LogP contribution < -0.4 is 10.1 Å². The van der Waals surface area contributed by atoms with Gasteiger partial charge in [0, 0.05) is 12.6 Å². The number of hydrogen-bond donors (Lipinski definition) is 1. The largest absolute Gasteiger partial charge is 0.497 e. The molecule has 2 aliphatic rings. The smallest absolute Gasteiger partial charge is 0.291 e. The van der Waals surface area contributed by atoms with E-state index < -0.39 is 5.54 Å². The van der Waals surface area contributed by atoms with Crippen molar-refractivity contribution in [3.05, 3.63) is 59.9 Å². The molecule has 1 aliphatic carbocycles. The summed E-state index contributed by atoms with van der Waals surface area (Å²) < 4.78 is 7.29. The molecule has 1 atom stereocenters. The fourth-order valence-corrected chi connectivity index (χ4v) is 5.30. The Morgan fingerprint density at radius 3 is 2.65 bits per heavy atom. The number of imidazole rings is 1. The van der Waals surface area contributed by atoms with Crippen LogP contribution in [0, 0.1) is 0 Å². The molecule has 1 aromatic heterocycles. The summed E-state index contributed by atoms with van der Waals surface area (Å²) in [4.78, 5) is 34.0. The third-order valence-corrected chi connectivity index (χ3v) is 7.31. The fourth-order valence-electron chi connectivity index (χ4n) is 5.30. The Morgan fingerprint density at radius 2 is 1.88 bits per heavy atom. The van der Waals surface area contributed by atoms with Gasteiger partial charge in [-0.15, -0.1) is 0 Å². The number of carbonyl (C=O) groups excluding carboxylic acids is 2. The first-order chi connectivity index (χ1) is 16.5. The van der Waals surface area contributed by atoms with Crippen molar-refractivity contribution in [3.8, 4) is 5.75 Å². The number of amides is 2. The van der Waals surface area contributed by atoms with Gasteiger partial charge in [0.2, 0.25) is 5.91 Å². The van der Waals surface area contributed by atoms with E-state index in [1.807, 2.05) is 60.0 Å². The number of ether oxygens (including phenoxy) is 1. The lowest BCUT2D eigenvalue weighted by atomic mass is 9.93. The first-order valence-electron chi connectivity index (χ1n) is 12.2. The second kappa shape index (κ2) is 9.12. The number of rotatable bonds is 5. The number of fused-ring (bicyclic) bond motifs is 3. The lowest BCUT2D eigenvalue weighted by Gasteiger charge is -2.44. The third kappa shape index (κ3) is 4.04. The molecule has 7 nitrogen and oxygen atoms in total. The van der Waals surface area contributed by atoms with Gasteiger partial charge in [0.1, 0.15) is 11.3 Å². The first kappa shape index (κ1) is 22.4. The highest BCUT2D eigenvalue weighted by Gasteiger charge is 2.48. The summed E-state index contributed by atoms with van der Waals surface area (Å²) in [7, 11) is 1.62. The van der Waals surface area contributed by atoms with Crippen LogP contribution in [-0.2, 0) is 17.9 Å². The predicted molar refractivity (Wildman–Crippen MR) is 131 cm³/mol. The lowest BCUT2D eigenvalue weighted by molar-refractivity contribution is -0.134. The summed E-state index contributed by atoms with van der Waals surface area (Å²) in [6.07, 6.45) is 6.67. The summed E-state index contributed by atoms with van der Waals surface area (Å²) in [5.74, 6) is 0.769. The minimum Gasteiger partial charge on any atom is -0.497 e. The van der Waals surface area contributed by atoms with E-state index in [1.165, 1.54) is 12.8 Å². The molecule has 34 heavy (non-hydrogen) atoms. The maximum atomic E-state index is 13.9. The zero-order valence-corrected chi connectivity index (χ0v) is 19.9. The number of nitrogens with zero attached hydrogens (tertiary/aromatic N) is 3. The van der Waals surface area contributed by atoms with Crippen molar-refractivity contribution in [3.63, 3.8) is 0 Å². The van der Waals surface area contributed by atoms with Gasteiger partial charge in [0.25, 0.3) is 5.91 Å². The Balaban J connectivity index is 1.53. The minimum atomic E-state index is -1.05. The third-order valence-electron chi connectivity index (χ3n) is 7.31. The molecule has 3 aromatic rings. The number of para-hydroxylation sites is 2. The number of hydrogen-bond acceptors (Lipinski definition) is 4. The molecular weight excluding hydrogens is 428 g/mol. The van der Waals surface area contributed by atoms with E-state index in [-0.39, 0.29) is 17.9 Å². The number of carbonyl (C=O) groups is 2. The van der Waals surface area contributed by atoms with Gasteiger partial charge in [-0.1, -0.05) is 49.9 Å². The Kier molecular flexibility index (Phi) is 6.02. The highest BCUT2D eigenvalue weighted by atomic mass is 16.5. The molecule has 2 amide bonds. The highest BCUT2D eigenvalue weighted by molar-refractivity contribution is 6.01. The van der Waals surface area contributed by atoms with Crippen molar-refractivity contribution in [1.82, 2.24) is 19.8 Å². The van der Waals surface area contributed by atoms with Gasteiger partial charge in [0.05, 0.1) is 24.7 Å². The molecule has 1 fully saturated rings. The van der Waals surface area contributed by atoms with E-state index >= 15 is 0 Å². The summed E-state index contributed by atoms with van der Waals surface area (Å²) in [5.41, 5.74) is 1.50. The molecule has 0 unspecified atom stereocenters. The normalized spacial score (nSPS) is 21.2. The molecule has 1 saturated carbocycles. The molecule has 1 aliphatic heterocycles. The molecule has 0 spiro atoms. The molecule has 7 heteroatoms. The van der Waals surface area contributed by atoms with Crippen LogP contribution in [0.25, 0.3) is 11.0 Å². The second-order valence-corrected chi connectivity index (χ2v) is 9.69. The van der Waals surface area contributed by atoms with Crippen LogP contribution in [0.1, 0.15) is 61.6 Å². The Morgan fingerprint density at radius 1 is 1.12 bits per heavy atom. The van der Waals surface area contributed by atoms with Crippen molar-refractivity contribution in [2.75, 3.05) is 7.11 Å². The van der Waals surface area contributed by atoms with E-state index in [2.05, 4.69) is 10.3 Å². The molecule has 2 heterocycles. The van der Waals surface area contributed by atoms with Crippen LogP contribution in [0.15, 0.2) is 48.5 Å². The number of benzene rings is 2. The maximum absolute atomic E-state index is 13.9. The van der Waals surface area contributed by atoms with Crippen LogP contribution in [-0.4, -0.2) is 45.0 Å². The topological polar surface area (TPSA) is 76.5 Å². The van der Waals surface area contributed by atoms with E-state index in [0.717, 1.165) is 48.0 Å². The Hall–Kier alpha value is -3.35. The van der Waals surface area contributed by atoms with Crippen molar-refractivity contribution in [2.24, 2.45) is 0 Å². The number of nitrogens with one attached hydrogen (secondary N) is 1. The Labute approximate surface area is 200 Å². The van der Waals surface area contributed by atoms with Gasteiger partial charge in [-0.3, -0.25) is 9.59 Å². The zero-order valence-electron chi connectivity index (χ0n) is 19.9. The average molecular weight is 461 g/mol. The quantitative estimate of drug-likeness (QED) is 0.576. The van der Waals surface area contributed by atoms with Gasteiger partial charge in [-0.25, -0.2) is 4.98 Å². The Bertz CT molecular complexity index is 1210. The molecule has 1 N–H and O–H groups in total. The lowest BCUT2D eigenvalue weighted by Crippen LogP contribution is -2.64. The molecule has 0 radical (unpaired) electrons. The molecule has 0 saturated heterocycles. The average Bonchev–Trinajstić information content (AvgIpc) is 3.02. The molecular formula is C27H32N4O3. The van der Waals surface area contributed by atoms with Crippen LogP contribution in [0.3, 0.4) is 0 Å². The molecule has 5 rings (SSSR count). The van der Waals surface area contributed by atoms with Crippen LogP contribution in [0.2, 0.25) is 0 Å². The van der Waals surface area contributed by atoms with Crippen molar-refractivity contribution < 1.29 is 14.3 Å². The van der Waals surface area contributed by atoms with Crippen LogP contribution in [0.4, 0.5) is 0 Å². The molecule has 0 bridgehead atoms. The van der Waals surface area contributed by atoms with Crippen LogP contribution >= 0.6 is 0 Å². The summed E-state index contributed by atoms with van der Waals surface area (Å²) in [6.45, 7) is 2.54. The number of aromatic nitrogens is 2. The second-order valence-electron chi connectivity index (χ2n) is 9.69. The van der Waals surface area contributed by atoms with Crippen molar-refractivity contribution in [2.45, 2.75) is 70.1 Å². The standard InChI is InChI=1S/C27H32N4O3/c1-27(26(33)28-20-11-5-3-4-6-12-20)18-30-23-15-8-7-14-22(23)29-24(30)25(32)31(27)17-19-10-9-13-21(16-19)34-2/h7-10,13-16,20H,3-6,11-12,17-18H2,1-2H3,(H,28,33)/t27-/m1/s1. The van der Waals surface area contributed by atoms with Gasteiger partial charge >= 0.3 is 0 Å². The zero-order chi connectivity index (χ0) is 23.7. The minimum absolute atomic E-state index is 0.0981. The monoisotopic (exact) mass is 460 g/mol. The van der Waals surface area contributed by atoms with E-state index in [0.29, 0.717) is 18.9 Å². The fraction of sp³-hybridized carbons (Fsp3) is 0.444. The summed E-state index contributed by atoms with van der Waals surface area (Å²) in [6, 6.07) is 15.5. The highest BCUT2D eigenvalue weighted by Crippen LogP contribution is 2.33. The number of methoxy groups -OCH3 is 1. The predicted octanol–water partition coefficient (Wildman–Crippen LogP) is 4.30. The van der Waals surface area contributed by atoms with E-state index in [1.54, 1.807) is 12.0 Å². The first-order valence-corrected chi connectivity index (χ1v) is 12.2. The summed E-state index contributed by atoms with van der Waals surface area (Å²) >= 11 is 0. The van der Waals surface area contributed by atoms with Gasteiger partial charge < -0.3 is 19.5 Å². The van der Waals surface area contributed by atoms with Gasteiger partial charge in [-0.05, 0) is 49.6 Å². The van der Waals surface area contributed by atoms with Gasteiger partial charge in [-0.2, -0.15) is 0 Å².